The van der Waals surface area contributed by atoms with E-state index in [2.05, 4.69) is 25.2 Å². The summed E-state index contributed by atoms with van der Waals surface area (Å²) in [5.74, 6) is 2.65. The van der Waals surface area contributed by atoms with Crippen LogP contribution >= 0.6 is 0 Å². The van der Waals surface area contributed by atoms with Crippen LogP contribution < -0.4 is 0 Å². The fraction of sp³-hybridized carbons (Fsp3) is 0.385. The Hall–Kier alpha value is -2.48. The highest BCUT2D eigenvalue weighted by Gasteiger charge is 2.15. The maximum atomic E-state index is 5.58. The Balaban J connectivity index is 1.66. The van der Waals surface area contributed by atoms with Crippen LogP contribution in [0.1, 0.15) is 24.5 Å². The predicted octanol–water partition coefficient (Wildman–Crippen LogP) is 2.04. The molecule has 0 unspecified atom stereocenters. The van der Waals surface area contributed by atoms with Crippen molar-refractivity contribution < 1.29 is 13.4 Å². The van der Waals surface area contributed by atoms with Crippen LogP contribution in [0, 0.1) is 6.92 Å². The second-order valence-electron chi connectivity index (χ2n) is 4.51. The van der Waals surface area contributed by atoms with Gasteiger partial charge in [-0.25, -0.2) is 0 Å². The fourth-order valence-electron chi connectivity index (χ4n) is 1.89. The minimum atomic E-state index is 0.376. The van der Waals surface area contributed by atoms with Gasteiger partial charge in [-0.1, -0.05) is 12.1 Å². The van der Waals surface area contributed by atoms with E-state index in [1.807, 2.05) is 6.92 Å². The molecule has 0 bridgehead atoms. The number of furan rings is 1. The molecule has 3 aromatic rings. The van der Waals surface area contributed by atoms with Crippen LogP contribution in [-0.4, -0.2) is 31.8 Å². The first-order valence-corrected chi connectivity index (χ1v) is 6.62. The van der Waals surface area contributed by atoms with Crippen molar-refractivity contribution >= 4 is 0 Å². The Morgan fingerprint density at radius 2 is 2.14 bits per heavy atom. The van der Waals surface area contributed by atoms with Crippen LogP contribution in [0.5, 0.6) is 0 Å². The quantitative estimate of drug-likeness (QED) is 0.680. The molecule has 0 fully saturated rings. The normalized spacial score (nSPS) is 11.4. The molecule has 3 aromatic heterocycles. The summed E-state index contributed by atoms with van der Waals surface area (Å²) in [5.41, 5.74) is 0. The molecule has 8 nitrogen and oxygen atoms in total. The molecule has 21 heavy (non-hydrogen) atoms. The number of nitrogens with zero attached hydrogens (tertiary/aromatic N) is 5. The van der Waals surface area contributed by atoms with Gasteiger partial charge in [-0.2, -0.15) is 4.98 Å². The molecular weight excluding hydrogens is 274 g/mol. The Morgan fingerprint density at radius 1 is 1.24 bits per heavy atom. The molecule has 110 valence electrons. The van der Waals surface area contributed by atoms with E-state index in [1.165, 1.54) is 0 Å². The predicted molar refractivity (Wildman–Crippen MR) is 70.8 cm³/mol. The lowest BCUT2D eigenvalue weighted by Gasteiger charge is -2.15. The van der Waals surface area contributed by atoms with Gasteiger partial charge in [-0.05, 0) is 18.7 Å². The van der Waals surface area contributed by atoms with Crippen LogP contribution in [0.15, 0.2) is 31.8 Å². The first-order chi connectivity index (χ1) is 10.2. The molecule has 0 spiro atoms. The molecule has 0 amide bonds. The minimum Gasteiger partial charge on any atom is -0.459 e. The van der Waals surface area contributed by atoms with Gasteiger partial charge in [0.05, 0.1) is 19.4 Å². The number of rotatable bonds is 6. The average molecular weight is 289 g/mol. The first-order valence-electron chi connectivity index (χ1n) is 6.62. The lowest BCUT2D eigenvalue weighted by molar-refractivity contribution is 0.234. The third kappa shape index (κ3) is 3.16. The van der Waals surface area contributed by atoms with Crippen LogP contribution in [0.2, 0.25) is 0 Å². The van der Waals surface area contributed by atoms with Crippen molar-refractivity contribution in [1.82, 2.24) is 25.2 Å². The smallest absolute Gasteiger partial charge is 0.283 e. The van der Waals surface area contributed by atoms with Crippen molar-refractivity contribution in [3.8, 4) is 11.7 Å². The molecule has 0 radical (unpaired) electrons. The van der Waals surface area contributed by atoms with Gasteiger partial charge < -0.3 is 13.4 Å². The second kappa shape index (κ2) is 5.88. The zero-order chi connectivity index (χ0) is 14.7. The molecule has 3 heterocycles. The molecule has 0 aliphatic carbocycles. The van der Waals surface area contributed by atoms with Gasteiger partial charge >= 0.3 is 0 Å². The van der Waals surface area contributed by atoms with Gasteiger partial charge in [0.1, 0.15) is 0 Å². The van der Waals surface area contributed by atoms with Crippen molar-refractivity contribution in [1.29, 1.82) is 0 Å². The summed E-state index contributed by atoms with van der Waals surface area (Å²) in [4.78, 5) is 6.26. The van der Waals surface area contributed by atoms with Gasteiger partial charge in [-0.15, -0.1) is 10.2 Å². The second-order valence-corrected chi connectivity index (χ2v) is 4.51. The maximum absolute atomic E-state index is 5.58. The third-order valence-electron chi connectivity index (χ3n) is 2.94. The molecule has 3 rings (SSSR count). The van der Waals surface area contributed by atoms with Gasteiger partial charge in [0.2, 0.25) is 11.8 Å². The summed E-state index contributed by atoms with van der Waals surface area (Å²) >= 11 is 0. The van der Waals surface area contributed by atoms with Gasteiger partial charge in [0.25, 0.3) is 5.89 Å². The molecule has 0 atom stereocenters. The number of aryl methyl sites for hydroxylation is 1. The minimum absolute atomic E-state index is 0.376. The number of hydrogen-bond acceptors (Lipinski definition) is 8. The van der Waals surface area contributed by atoms with Gasteiger partial charge in [-0.3, -0.25) is 4.90 Å². The summed E-state index contributed by atoms with van der Waals surface area (Å²) in [6.45, 7) is 5.67. The topological polar surface area (TPSA) is 94.2 Å². The highest BCUT2D eigenvalue weighted by atomic mass is 16.5. The van der Waals surface area contributed by atoms with Crippen LogP contribution in [0.25, 0.3) is 11.7 Å². The van der Waals surface area contributed by atoms with E-state index < -0.39 is 0 Å². The number of aromatic nitrogens is 4. The molecule has 8 heteroatoms. The van der Waals surface area contributed by atoms with Crippen molar-refractivity contribution in [3.05, 3.63) is 36.0 Å². The van der Waals surface area contributed by atoms with Crippen molar-refractivity contribution in [2.45, 2.75) is 26.9 Å². The summed E-state index contributed by atoms with van der Waals surface area (Å²) in [6, 6.07) is 3.55. The van der Waals surface area contributed by atoms with Crippen LogP contribution in [0.4, 0.5) is 0 Å². The third-order valence-corrected chi connectivity index (χ3v) is 2.94. The lowest BCUT2D eigenvalue weighted by atomic mass is 10.4. The van der Waals surface area contributed by atoms with Gasteiger partial charge in [0.15, 0.2) is 11.6 Å². The molecule has 0 saturated heterocycles. The van der Waals surface area contributed by atoms with Crippen LogP contribution in [-0.2, 0) is 13.1 Å². The zero-order valence-electron chi connectivity index (χ0n) is 11.8. The van der Waals surface area contributed by atoms with E-state index in [0.717, 1.165) is 6.54 Å². The molecule has 0 N–H and O–H groups in total. The Morgan fingerprint density at radius 3 is 2.81 bits per heavy atom. The van der Waals surface area contributed by atoms with Crippen molar-refractivity contribution in [2.75, 3.05) is 6.54 Å². The first kappa shape index (κ1) is 13.5. The molecule has 0 aliphatic heterocycles. The fourth-order valence-corrected chi connectivity index (χ4v) is 1.89. The largest absolute Gasteiger partial charge is 0.459 e. The molecular formula is C13H15N5O3. The Bertz CT molecular complexity index is 688. The maximum Gasteiger partial charge on any atom is 0.283 e. The van der Waals surface area contributed by atoms with E-state index in [-0.39, 0.29) is 0 Å². The van der Waals surface area contributed by atoms with Crippen LogP contribution in [0.3, 0.4) is 0 Å². The SMILES string of the molecule is CCN(Cc1noc(C)n1)Cc1nnc(-c2ccco2)o1. The monoisotopic (exact) mass is 289 g/mol. The molecule has 0 aliphatic rings. The highest BCUT2D eigenvalue weighted by molar-refractivity contribution is 5.42. The standard InChI is InChI=1S/C13H15N5O3/c1-3-18(7-11-14-9(2)21-17-11)8-12-15-16-13(20-12)10-5-4-6-19-10/h4-6H,3,7-8H2,1-2H3. The summed E-state index contributed by atoms with van der Waals surface area (Å²) in [7, 11) is 0. The zero-order valence-corrected chi connectivity index (χ0v) is 11.8. The summed E-state index contributed by atoms with van der Waals surface area (Å²) in [5, 5.41) is 11.9. The van der Waals surface area contributed by atoms with Gasteiger partial charge in [0, 0.05) is 6.92 Å². The van der Waals surface area contributed by atoms with E-state index in [0.29, 0.717) is 42.3 Å². The van der Waals surface area contributed by atoms with E-state index in [1.54, 1.807) is 25.3 Å². The highest BCUT2D eigenvalue weighted by Crippen LogP contribution is 2.18. The number of hydrogen-bond donors (Lipinski definition) is 0. The Kier molecular flexibility index (Phi) is 3.78. The van der Waals surface area contributed by atoms with Crippen molar-refractivity contribution in [3.63, 3.8) is 0 Å². The van der Waals surface area contributed by atoms with E-state index >= 15 is 0 Å². The van der Waals surface area contributed by atoms with E-state index in [9.17, 15) is 0 Å². The lowest BCUT2D eigenvalue weighted by Crippen LogP contribution is -2.23. The molecule has 0 saturated carbocycles. The van der Waals surface area contributed by atoms with E-state index in [4.69, 9.17) is 13.4 Å². The molecule has 0 aromatic carbocycles. The summed E-state index contributed by atoms with van der Waals surface area (Å²) in [6.07, 6.45) is 1.57. The Labute approximate surface area is 120 Å². The van der Waals surface area contributed by atoms with Crippen molar-refractivity contribution in [2.24, 2.45) is 0 Å². The summed E-state index contributed by atoms with van der Waals surface area (Å²) < 4.78 is 15.8. The average Bonchev–Trinajstić information content (AvgIpc) is 3.19.